The zero-order chi connectivity index (χ0) is 15.0. The summed E-state index contributed by atoms with van der Waals surface area (Å²) in [6.45, 7) is 0. The molecule has 7 heteroatoms. The van der Waals surface area contributed by atoms with Gasteiger partial charge in [0.2, 0.25) is 0 Å². The lowest BCUT2D eigenvalue weighted by atomic mass is 9.97. The number of rotatable bonds is 3. The molecule has 0 aromatic heterocycles. The van der Waals surface area contributed by atoms with E-state index in [1.54, 1.807) is 23.1 Å². The molecule has 0 aliphatic carbocycles. The molecule has 2 saturated heterocycles. The highest BCUT2D eigenvalue weighted by atomic mass is 16.6. The van der Waals surface area contributed by atoms with Crippen molar-refractivity contribution >= 4 is 17.5 Å². The highest BCUT2D eigenvalue weighted by Gasteiger charge is 2.43. The van der Waals surface area contributed by atoms with Crippen LogP contribution in [0.5, 0.6) is 0 Å². The Bertz CT molecular complexity index is 563. The maximum absolute atomic E-state index is 11.2. The molecule has 0 radical (unpaired) electrons. The second kappa shape index (κ2) is 5.23. The lowest BCUT2D eigenvalue weighted by molar-refractivity contribution is -0.384. The van der Waals surface area contributed by atoms with Gasteiger partial charge in [-0.2, -0.15) is 0 Å². The van der Waals surface area contributed by atoms with Gasteiger partial charge in [0.15, 0.2) is 0 Å². The molecule has 2 heterocycles. The summed E-state index contributed by atoms with van der Waals surface area (Å²) in [6.07, 6.45) is 2.31. The molecule has 2 N–H and O–H groups in total. The van der Waals surface area contributed by atoms with Crippen molar-refractivity contribution in [3.63, 3.8) is 0 Å². The number of para-hydroxylation sites is 2. The van der Waals surface area contributed by atoms with Crippen molar-refractivity contribution in [2.75, 3.05) is 5.32 Å². The van der Waals surface area contributed by atoms with Crippen LogP contribution in [0.2, 0.25) is 0 Å². The van der Waals surface area contributed by atoms with E-state index in [-0.39, 0.29) is 23.8 Å². The Kier molecular flexibility index (Phi) is 3.40. The van der Waals surface area contributed by atoms with E-state index in [9.17, 15) is 20.0 Å². The molecule has 1 unspecified atom stereocenters. The summed E-state index contributed by atoms with van der Waals surface area (Å²) in [5.41, 5.74) is 0.571. The van der Waals surface area contributed by atoms with Crippen molar-refractivity contribution in [2.24, 2.45) is 0 Å². The van der Waals surface area contributed by atoms with E-state index in [2.05, 4.69) is 5.32 Å². The zero-order valence-corrected chi connectivity index (χ0v) is 11.4. The van der Waals surface area contributed by atoms with Crippen molar-refractivity contribution in [1.29, 1.82) is 0 Å². The van der Waals surface area contributed by atoms with Gasteiger partial charge in [-0.1, -0.05) is 12.1 Å². The maximum atomic E-state index is 11.2. The van der Waals surface area contributed by atoms with Crippen LogP contribution in [0.15, 0.2) is 24.3 Å². The summed E-state index contributed by atoms with van der Waals surface area (Å²) < 4.78 is 0. The van der Waals surface area contributed by atoms with Crippen LogP contribution in [0, 0.1) is 10.1 Å². The van der Waals surface area contributed by atoms with Crippen LogP contribution < -0.4 is 5.32 Å². The predicted octanol–water partition coefficient (Wildman–Crippen LogP) is 2.68. The highest BCUT2D eigenvalue weighted by Crippen LogP contribution is 2.37. The van der Waals surface area contributed by atoms with Gasteiger partial charge in [0.05, 0.1) is 4.92 Å². The fraction of sp³-hybridized carbons (Fsp3) is 0.500. The highest BCUT2D eigenvalue weighted by molar-refractivity contribution is 5.67. The number of benzene rings is 1. The van der Waals surface area contributed by atoms with Gasteiger partial charge >= 0.3 is 6.09 Å². The van der Waals surface area contributed by atoms with E-state index in [1.807, 2.05) is 0 Å². The van der Waals surface area contributed by atoms with Crippen molar-refractivity contribution < 1.29 is 14.8 Å². The Balaban J connectivity index is 1.74. The van der Waals surface area contributed by atoms with E-state index in [0.717, 1.165) is 12.8 Å². The molecule has 2 bridgehead atoms. The number of piperidine rings is 1. The Morgan fingerprint density at radius 2 is 1.90 bits per heavy atom. The monoisotopic (exact) mass is 291 g/mol. The number of carbonyl (C=O) groups is 1. The second-order valence-corrected chi connectivity index (χ2v) is 5.66. The lowest BCUT2D eigenvalue weighted by Gasteiger charge is -2.37. The standard InChI is InChI=1S/C14H17N3O4/c18-14(19)16-10-5-6-11(16)8-9(7-10)15-12-3-1-2-4-13(12)17(20)21/h1-4,9-11,15H,5-8H2,(H,18,19)/t9?,10-,11+. The van der Waals surface area contributed by atoms with Gasteiger partial charge in [-0.3, -0.25) is 10.1 Å². The van der Waals surface area contributed by atoms with Crippen molar-refractivity contribution in [3.8, 4) is 0 Å². The van der Waals surface area contributed by atoms with Crippen LogP contribution in [0.1, 0.15) is 25.7 Å². The van der Waals surface area contributed by atoms with Gasteiger partial charge in [-0.25, -0.2) is 4.79 Å². The minimum Gasteiger partial charge on any atom is -0.465 e. The number of amides is 1. The average molecular weight is 291 g/mol. The molecule has 1 aromatic carbocycles. The fourth-order valence-electron chi connectivity index (χ4n) is 3.58. The molecule has 1 aromatic rings. The molecule has 2 aliphatic rings. The Morgan fingerprint density at radius 1 is 1.29 bits per heavy atom. The quantitative estimate of drug-likeness (QED) is 0.659. The molecule has 3 rings (SSSR count). The number of carboxylic acid groups (broad SMARTS) is 1. The maximum Gasteiger partial charge on any atom is 0.407 e. The summed E-state index contributed by atoms with van der Waals surface area (Å²) in [5, 5.41) is 23.5. The summed E-state index contributed by atoms with van der Waals surface area (Å²) in [4.78, 5) is 23.4. The molecule has 7 nitrogen and oxygen atoms in total. The van der Waals surface area contributed by atoms with E-state index in [0.29, 0.717) is 18.5 Å². The molecule has 0 spiro atoms. The van der Waals surface area contributed by atoms with Gasteiger partial charge in [0.25, 0.3) is 5.69 Å². The minimum absolute atomic E-state index is 0.0292. The van der Waals surface area contributed by atoms with Crippen LogP contribution in [0.4, 0.5) is 16.2 Å². The van der Waals surface area contributed by atoms with Crippen LogP contribution in [-0.2, 0) is 0 Å². The van der Waals surface area contributed by atoms with E-state index < -0.39 is 11.0 Å². The minimum atomic E-state index is -0.855. The van der Waals surface area contributed by atoms with Crippen LogP contribution in [-0.4, -0.2) is 39.1 Å². The first-order valence-electron chi connectivity index (χ1n) is 7.07. The van der Waals surface area contributed by atoms with Crippen LogP contribution in [0.25, 0.3) is 0 Å². The Labute approximate surface area is 121 Å². The summed E-state index contributed by atoms with van der Waals surface area (Å²) in [6, 6.07) is 6.71. The third-order valence-corrected chi connectivity index (χ3v) is 4.41. The summed E-state index contributed by atoms with van der Waals surface area (Å²) >= 11 is 0. The van der Waals surface area contributed by atoms with Crippen molar-refractivity contribution in [2.45, 2.75) is 43.8 Å². The first-order valence-corrected chi connectivity index (χ1v) is 7.07. The molecule has 112 valence electrons. The molecular formula is C14H17N3O4. The molecular weight excluding hydrogens is 274 g/mol. The average Bonchev–Trinajstić information content (AvgIpc) is 2.71. The number of hydrogen-bond acceptors (Lipinski definition) is 4. The predicted molar refractivity (Wildman–Crippen MR) is 76.4 cm³/mol. The smallest absolute Gasteiger partial charge is 0.407 e. The fourth-order valence-corrected chi connectivity index (χ4v) is 3.58. The zero-order valence-electron chi connectivity index (χ0n) is 11.4. The molecule has 0 saturated carbocycles. The summed E-state index contributed by atoms with van der Waals surface area (Å²) in [5.74, 6) is 0. The molecule has 3 atom stereocenters. The number of fused-ring (bicyclic) bond motifs is 2. The van der Waals surface area contributed by atoms with Crippen LogP contribution >= 0.6 is 0 Å². The third-order valence-electron chi connectivity index (χ3n) is 4.41. The molecule has 2 aliphatic heterocycles. The number of nitro groups is 1. The Hall–Kier alpha value is -2.31. The number of nitro benzene ring substituents is 1. The molecule has 2 fully saturated rings. The van der Waals surface area contributed by atoms with E-state index in [1.165, 1.54) is 6.07 Å². The van der Waals surface area contributed by atoms with Gasteiger partial charge in [-0.15, -0.1) is 0 Å². The Morgan fingerprint density at radius 3 is 2.48 bits per heavy atom. The second-order valence-electron chi connectivity index (χ2n) is 5.66. The molecule has 21 heavy (non-hydrogen) atoms. The van der Waals surface area contributed by atoms with E-state index >= 15 is 0 Å². The topological polar surface area (TPSA) is 95.7 Å². The van der Waals surface area contributed by atoms with E-state index in [4.69, 9.17) is 0 Å². The van der Waals surface area contributed by atoms with Gasteiger partial charge in [0.1, 0.15) is 5.69 Å². The number of nitrogens with zero attached hydrogens (tertiary/aromatic N) is 2. The first-order chi connectivity index (χ1) is 10.1. The number of hydrogen-bond donors (Lipinski definition) is 2. The van der Waals surface area contributed by atoms with Crippen molar-refractivity contribution in [1.82, 2.24) is 4.90 Å². The normalized spacial score (nSPS) is 27.4. The number of anilines is 1. The number of nitrogens with one attached hydrogen (secondary N) is 1. The first kappa shape index (κ1) is 13.7. The third kappa shape index (κ3) is 2.51. The largest absolute Gasteiger partial charge is 0.465 e. The summed E-state index contributed by atoms with van der Waals surface area (Å²) in [7, 11) is 0. The molecule has 1 amide bonds. The SMILES string of the molecule is O=C(O)N1[C@@H]2CC[C@H]1CC(Nc1ccccc1[N+](=O)[O-])C2. The lowest BCUT2D eigenvalue weighted by Crippen LogP contribution is -2.49. The van der Waals surface area contributed by atoms with Gasteiger partial charge < -0.3 is 15.3 Å². The van der Waals surface area contributed by atoms with Gasteiger partial charge in [-0.05, 0) is 31.7 Å². The van der Waals surface area contributed by atoms with Gasteiger partial charge in [0, 0.05) is 24.2 Å². The van der Waals surface area contributed by atoms with Crippen molar-refractivity contribution in [3.05, 3.63) is 34.4 Å². The van der Waals surface area contributed by atoms with Crippen LogP contribution in [0.3, 0.4) is 0 Å².